The molecule has 0 rings (SSSR count). The van der Waals surface area contributed by atoms with Gasteiger partial charge < -0.3 is 14.2 Å². The highest BCUT2D eigenvalue weighted by molar-refractivity contribution is 5.71. The molecule has 0 aromatic carbocycles. The van der Waals surface area contributed by atoms with Crippen molar-refractivity contribution in [3.05, 3.63) is 60.8 Å². The SMILES string of the molecule is CC/C=C\C/C=C\C/C=C\C/C=C\C/C=C\CCCCCC(=O)OC(COC(=O)CCCCCCCCCCCCCCCCCC)COC(=O)CCCCCCCCCCCCCCCCCCCCCCCCCCCC. The topological polar surface area (TPSA) is 78.9 Å². The van der Waals surface area contributed by atoms with Gasteiger partial charge in [0.2, 0.25) is 0 Å². The summed E-state index contributed by atoms with van der Waals surface area (Å²) in [7, 11) is 0. The number of esters is 3. The number of ether oxygens (including phenoxy) is 3. The van der Waals surface area contributed by atoms with Crippen molar-refractivity contribution >= 4 is 17.9 Å². The van der Waals surface area contributed by atoms with Crippen molar-refractivity contribution in [1.29, 1.82) is 0 Å². The molecule has 1 unspecified atom stereocenters. The number of carbonyl (C=O) groups is 3. The minimum atomic E-state index is -0.790. The predicted octanol–water partition coefficient (Wildman–Crippen LogP) is 23.9. The summed E-state index contributed by atoms with van der Waals surface area (Å²) in [5, 5.41) is 0. The van der Waals surface area contributed by atoms with E-state index in [1.54, 1.807) is 0 Å². The zero-order valence-electron chi connectivity index (χ0n) is 52.9. The van der Waals surface area contributed by atoms with Gasteiger partial charge in [0.25, 0.3) is 0 Å². The summed E-state index contributed by atoms with van der Waals surface area (Å²) in [6, 6.07) is 0. The van der Waals surface area contributed by atoms with Gasteiger partial charge in [0.05, 0.1) is 0 Å². The van der Waals surface area contributed by atoms with Crippen LogP contribution in [0.15, 0.2) is 60.8 Å². The lowest BCUT2D eigenvalue weighted by Crippen LogP contribution is -2.30. The first-order valence-electron chi connectivity index (χ1n) is 34.8. The Bertz CT molecular complexity index is 1410. The van der Waals surface area contributed by atoms with E-state index >= 15 is 0 Å². The summed E-state index contributed by atoms with van der Waals surface area (Å²) in [5.41, 5.74) is 0. The lowest BCUT2D eigenvalue weighted by Gasteiger charge is -2.18. The third kappa shape index (κ3) is 65.8. The van der Waals surface area contributed by atoms with Crippen molar-refractivity contribution < 1.29 is 28.6 Å². The molecular weight excluding hydrogens is 973 g/mol. The molecule has 79 heavy (non-hydrogen) atoms. The van der Waals surface area contributed by atoms with Gasteiger partial charge >= 0.3 is 17.9 Å². The lowest BCUT2D eigenvalue weighted by molar-refractivity contribution is -0.167. The number of hydrogen-bond acceptors (Lipinski definition) is 6. The summed E-state index contributed by atoms with van der Waals surface area (Å²) in [4.78, 5) is 38.4. The molecule has 6 nitrogen and oxygen atoms in total. The number of rotatable bonds is 64. The van der Waals surface area contributed by atoms with Crippen molar-refractivity contribution in [3.63, 3.8) is 0 Å². The maximum atomic E-state index is 12.9. The fourth-order valence-corrected chi connectivity index (χ4v) is 10.4. The Kier molecular flexibility index (Phi) is 65.1. The van der Waals surface area contributed by atoms with Crippen molar-refractivity contribution in [3.8, 4) is 0 Å². The molecule has 0 spiro atoms. The van der Waals surface area contributed by atoms with E-state index in [9.17, 15) is 14.4 Å². The fourth-order valence-electron chi connectivity index (χ4n) is 10.4. The van der Waals surface area contributed by atoms with Crippen LogP contribution < -0.4 is 0 Å². The van der Waals surface area contributed by atoms with E-state index in [4.69, 9.17) is 14.2 Å². The molecular formula is C73H132O6. The molecule has 6 heteroatoms. The van der Waals surface area contributed by atoms with Gasteiger partial charge in [0, 0.05) is 19.3 Å². The molecule has 0 aliphatic heterocycles. The van der Waals surface area contributed by atoms with Crippen LogP contribution in [0.2, 0.25) is 0 Å². The fraction of sp³-hybridized carbons (Fsp3) is 0.822. The van der Waals surface area contributed by atoms with Gasteiger partial charge in [-0.2, -0.15) is 0 Å². The molecule has 0 aliphatic rings. The first-order valence-corrected chi connectivity index (χ1v) is 34.8. The van der Waals surface area contributed by atoms with Crippen LogP contribution in [0, 0.1) is 0 Å². The smallest absolute Gasteiger partial charge is 0.306 e. The van der Waals surface area contributed by atoms with Crippen molar-refractivity contribution in [1.82, 2.24) is 0 Å². The van der Waals surface area contributed by atoms with Crippen LogP contribution in [0.5, 0.6) is 0 Å². The first-order chi connectivity index (χ1) is 39.0. The molecule has 1 atom stereocenters. The first kappa shape index (κ1) is 76.1. The van der Waals surface area contributed by atoms with Crippen LogP contribution in [0.4, 0.5) is 0 Å². The van der Waals surface area contributed by atoms with Gasteiger partial charge in [-0.15, -0.1) is 0 Å². The molecule has 0 saturated carbocycles. The molecule has 0 saturated heterocycles. The summed E-state index contributed by atoms with van der Waals surface area (Å²) in [6.45, 7) is 6.57. The second-order valence-corrected chi connectivity index (χ2v) is 23.4. The molecule has 460 valence electrons. The molecule has 0 amide bonds. The Labute approximate surface area is 491 Å². The average Bonchev–Trinajstić information content (AvgIpc) is 3.45. The maximum Gasteiger partial charge on any atom is 0.306 e. The van der Waals surface area contributed by atoms with E-state index in [1.807, 2.05) is 0 Å². The van der Waals surface area contributed by atoms with Crippen LogP contribution in [-0.2, 0) is 28.6 Å². The Morgan fingerprint density at radius 1 is 0.266 bits per heavy atom. The van der Waals surface area contributed by atoms with Crippen molar-refractivity contribution in [2.45, 2.75) is 374 Å². The van der Waals surface area contributed by atoms with E-state index < -0.39 is 6.10 Å². The Hall–Kier alpha value is -2.89. The van der Waals surface area contributed by atoms with Gasteiger partial charge in [0.15, 0.2) is 6.10 Å². The summed E-state index contributed by atoms with van der Waals surface area (Å²) in [5.74, 6) is -0.890. The van der Waals surface area contributed by atoms with Crippen molar-refractivity contribution in [2.75, 3.05) is 13.2 Å². The zero-order valence-corrected chi connectivity index (χ0v) is 52.9. The largest absolute Gasteiger partial charge is 0.462 e. The second kappa shape index (κ2) is 67.6. The quantitative estimate of drug-likeness (QED) is 0.0261. The van der Waals surface area contributed by atoms with E-state index in [1.165, 1.54) is 231 Å². The number of carbonyl (C=O) groups excluding carboxylic acids is 3. The molecule has 0 N–H and O–H groups in total. The highest BCUT2D eigenvalue weighted by Gasteiger charge is 2.19. The van der Waals surface area contributed by atoms with Crippen LogP contribution in [-0.4, -0.2) is 37.2 Å². The summed E-state index contributed by atoms with van der Waals surface area (Å²) in [6.07, 6.45) is 86.8. The monoisotopic (exact) mass is 1110 g/mol. The van der Waals surface area contributed by atoms with E-state index in [0.717, 1.165) is 96.3 Å². The molecule has 0 aromatic heterocycles. The van der Waals surface area contributed by atoms with Gasteiger partial charge in [-0.25, -0.2) is 0 Å². The average molecular weight is 1110 g/mol. The van der Waals surface area contributed by atoms with Gasteiger partial charge in [0.1, 0.15) is 13.2 Å². The Balaban J connectivity index is 4.31. The molecule has 0 heterocycles. The highest BCUT2D eigenvalue weighted by Crippen LogP contribution is 2.18. The minimum absolute atomic E-state index is 0.0829. The molecule has 0 aromatic rings. The Morgan fingerprint density at radius 3 is 0.772 bits per heavy atom. The van der Waals surface area contributed by atoms with Crippen molar-refractivity contribution in [2.24, 2.45) is 0 Å². The standard InChI is InChI=1S/C73H132O6/c1-4-7-10-13-16-19-22-25-28-31-33-34-35-36-37-38-39-41-42-45-48-51-54-57-60-63-66-72(75)78-69-70(68-77-71(74)65-62-59-56-53-50-47-44-30-27-24-21-18-15-12-9-6-3)79-73(76)67-64-61-58-55-52-49-46-43-40-32-29-26-23-20-17-14-11-8-5-2/h8,11,17,20,26,29,40,43,49,52,70H,4-7,9-10,12-16,18-19,21-25,27-28,30-39,41-42,44-48,50-51,53-69H2,1-3H3/b11-8-,20-17-,29-26-,43-40-,52-49-. The van der Waals surface area contributed by atoms with E-state index in [0.29, 0.717) is 19.3 Å². The second-order valence-electron chi connectivity index (χ2n) is 23.4. The number of allylic oxidation sites excluding steroid dienone is 10. The van der Waals surface area contributed by atoms with E-state index in [2.05, 4.69) is 81.5 Å². The third-order valence-corrected chi connectivity index (χ3v) is 15.5. The predicted molar refractivity (Wildman–Crippen MR) is 344 cm³/mol. The zero-order chi connectivity index (χ0) is 57.1. The highest BCUT2D eigenvalue weighted by atomic mass is 16.6. The van der Waals surface area contributed by atoms with E-state index in [-0.39, 0.29) is 31.1 Å². The molecule has 0 bridgehead atoms. The molecule has 0 aliphatic carbocycles. The number of unbranched alkanes of at least 4 members (excludes halogenated alkanes) is 43. The van der Waals surface area contributed by atoms with Gasteiger partial charge in [-0.05, 0) is 64.2 Å². The van der Waals surface area contributed by atoms with Gasteiger partial charge in [-0.3, -0.25) is 14.4 Å². The Morgan fingerprint density at radius 2 is 0.494 bits per heavy atom. The maximum absolute atomic E-state index is 12.9. The third-order valence-electron chi connectivity index (χ3n) is 15.5. The number of hydrogen-bond donors (Lipinski definition) is 0. The van der Waals surface area contributed by atoms with Crippen LogP contribution in [0.3, 0.4) is 0 Å². The van der Waals surface area contributed by atoms with Gasteiger partial charge in [-0.1, -0.05) is 345 Å². The molecule has 0 radical (unpaired) electrons. The molecule has 0 fully saturated rings. The summed E-state index contributed by atoms with van der Waals surface area (Å²) < 4.78 is 17.0. The van der Waals surface area contributed by atoms with Crippen LogP contribution in [0.1, 0.15) is 367 Å². The minimum Gasteiger partial charge on any atom is -0.462 e. The van der Waals surface area contributed by atoms with Crippen LogP contribution in [0.25, 0.3) is 0 Å². The summed E-state index contributed by atoms with van der Waals surface area (Å²) >= 11 is 0. The lowest BCUT2D eigenvalue weighted by atomic mass is 10.0. The normalized spacial score (nSPS) is 12.4. The van der Waals surface area contributed by atoms with Crippen LogP contribution >= 0.6 is 0 Å².